The van der Waals surface area contributed by atoms with Gasteiger partial charge in [0, 0.05) is 18.5 Å². The van der Waals surface area contributed by atoms with Crippen LogP contribution in [0.25, 0.3) is 0 Å². The molecule has 12 heavy (non-hydrogen) atoms. The summed E-state index contributed by atoms with van der Waals surface area (Å²) in [5.41, 5.74) is 0. The maximum atomic E-state index is 11.7. The Hall–Kier alpha value is -0.570. The van der Waals surface area contributed by atoms with Crippen molar-refractivity contribution in [1.82, 2.24) is 10.2 Å². The molecule has 0 saturated carbocycles. The molecule has 3 aliphatic rings. The lowest BCUT2D eigenvalue weighted by Gasteiger charge is -2.17. The molecule has 0 spiro atoms. The number of fused-ring (bicyclic) bond motifs is 3. The highest BCUT2D eigenvalue weighted by Gasteiger charge is 2.51. The van der Waals surface area contributed by atoms with E-state index in [1.54, 1.807) is 0 Å². The van der Waals surface area contributed by atoms with Crippen molar-refractivity contribution < 1.29 is 4.79 Å². The van der Waals surface area contributed by atoms with Gasteiger partial charge in [-0.2, -0.15) is 0 Å². The van der Waals surface area contributed by atoms with Gasteiger partial charge in [0.15, 0.2) is 0 Å². The molecule has 1 N–H and O–H groups in total. The zero-order valence-corrected chi connectivity index (χ0v) is 7.12. The summed E-state index contributed by atoms with van der Waals surface area (Å²) in [5, 5.41) is 3.31. The first-order valence-electron chi connectivity index (χ1n) is 4.92. The normalized spacial score (nSPS) is 45.2. The maximum Gasteiger partial charge on any atom is 0.240 e. The third-order valence-corrected chi connectivity index (χ3v) is 3.61. The van der Waals surface area contributed by atoms with E-state index in [0.29, 0.717) is 17.9 Å². The SMILES string of the molecule is O=C1[C@H]2NCC[C@@H]2[C@@H]2CCCN12. The summed E-state index contributed by atoms with van der Waals surface area (Å²) < 4.78 is 0. The van der Waals surface area contributed by atoms with E-state index in [9.17, 15) is 4.79 Å². The molecule has 3 atom stereocenters. The lowest BCUT2D eigenvalue weighted by Crippen LogP contribution is -2.36. The molecular weight excluding hydrogens is 152 g/mol. The molecule has 3 rings (SSSR count). The second-order valence-corrected chi connectivity index (χ2v) is 4.13. The predicted octanol–water partition coefficient (Wildman–Crippen LogP) is -0.0309. The molecule has 3 nitrogen and oxygen atoms in total. The Balaban J connectivity index is 1.94. The minimum Gasteiger partial charge on any atom is -0.338 e. The topological polar surface area (TPSA) is 32.3 Å². The molecule has 0 radical (unpaired) electrons. The molecule has 0 bridgehead atoms. The predicted molar refractivity (Wildman–Crippen MR) is 44.6 cm³/mol. The van der Waals surface area contributed by atoms with Crippen LogP contribution in [0.3, 0.4) is 0 Å². The molecule has 3 saturated heterocycles. The van der Waals surface area contributed by atoms with Gasteiger partial charge in [-0.3, -0.25) is 4.79 Å². The van der Waals surface area contributed by atoms with Crippen LogP contribution in [-0.4, -0.2) is 36.0 Å². The van der Waals surface area contributed by atoms with Gasteiger partial charge in [0.25, 0.3) is 0 Å². The van der Waals surface area contributed by atoms with Crippen molar-refractivity contribution in [3.05, 3.63) is 0 Å². The first-order valence-corrected chi connectivity index (χ1v) is 4.92. The average Bonchev–Trinajstić information content (AvgIpc) is 2.72. The third kappa shape index (κ3) is 0.678. The molecule has 0 aliphatic carbocycles. The van der Waals surface area contributed by atoms with Crippen LogP contribution in [0.2, 0.25) is 0 Å². The van der Waals surface area contributed by atoms with E-state index in [0.717, 1.165) is 13.1 Å². The Labute approximate surface area is 72.1 Å². The molecule has 3 aliphatic heterocycles. The van der Waals surface area contributed by atoms with Crippen LogP contribution in [0.15, 0.2) is 0 Å². The molecule has 3 heterocycles. The molecule has 0 aromatic heterocycles. The van der Waals surface area contributed by atoms with Gasteiger partial charge >= 0.3 is 0 Å². The van der Waals surface area contributed by atoms with Crippen LogP contribution in [0.1, 0.15) is 19.3 Å². The van der Waals surface area contributed by atoms with Gasteiger partial charge < -0.3 is 10.2 Å². The van der Waals surface area contributed by atoms with Crippen molar-refractivity contribution in [2.45, 2.75) is 31.3 Å². The molecule has 3 fully saturated rings. The molecule has 66 valence electrons. The summed E-state index contributed by atoms with van der Waals surface area (Å²) in [6.07, 6.45) is 3.67. The van der Waals surface area contributed by atoms with E-state index in [2.05, 4.69) is 10.2 Å². The highest BCUT2D eigenvalue weighted by atomic mass is 16.2. The summed E-state index contributed by atoms with van der Waals surface area (Å²) in [6.45, 7) is 2.06. The zero-order valence-electron chi connectivity index (χ0n) is 7.12. The van der Waals surface area contributed by atoms with E-state index in [-0.39, 0.29) is 6.04 Å². The minimum absolute atomic E-state index is 0.190. The van der Waals surface area contributed by atoms with Crippen molar-refractivity contribution >= 4 is 5.91 Å². The van der Waals surface area contributed by atoms with E-state index >= 15 is 0 Å². The van der Waals surface area contributed by atoms with Gasteiger partial charge in [0.05, 0.1) is 6.04 Å². The Bertz CT molecular complexity index is 207. The number of nitrogens with one attached hydrogen (secondary N) is 1. The number of amides is 1. The molecule has 0 unspecified atom stereocenters. The van der Waals surface area contributed by atoms with E-state index < -0.39 is 0 Å². The largest absolute Gasteiger partial charge is 0.338 e. The number of carbonyl (C=O) groups is 1. The summed E-state index contributed by atoms with van der Waals surface area (Å²) in [5.74, 6) is 1.01. The highest BCUT2D eigenvalue weighted by molar-refractivity contribution is 5.86. The van der Waals surface area contributed by atoms with E-state index in [4.69, 9.17) is 0 Å². The highest BCUT2D eigenvalue weighted by Crippen LogP contribution is 2.37. The standard InChI is InChI=1S/C9H14N2O/c12-9-8-6(3-4-10-8)7-2-1-5-11(7)9/h6-8,10H,1-5H2/t6-,7+,8+/m1/s1. The number of hydrogen-bond donors (Lipinski definition) is 1. The number of carbonyl (C=O) groups excluding carboxylic acids is 1. The van der Waals surface area contributed by atoms with Crippen molar-refractivity contribution in [2.24, 2.45) is 5.92 Å². The Kier molecular flexibility index (Phi) is 1.28. The quantitative estimate of drug-likeness (QED) is 0.548. The lowest BCUT2D eigenvalue weighted by molar-refractivity contribution is -0.129. The second-order valence-electron chi connectivity index (χ2n) is 4.13. The van der Waals surface area contributed by atoms with Crippen LogP contribution < -0.4 is 5.32 Å². The maximum absolute atomic E-state index is 11.7. The lowest BCUT2D eigenvalue weighted by atomic mass is 9.95. The van der Waals surface area contributed by atoms with Crippen LogP contribution >= 0.6 is 0 Å². The smallest absolute Gasteiger partial charge is 0.240 e. The molecule has 3 heteroatoms. The Morgan fingerprint density at radius 3 is 3.25 bits per heavy atom. The van der Waals surface area contributed by atoms with Crippen molar-refractivity contribution in [3.63, 3.8) is 0 Å². The van der Waals surface area contributed by atoms with Gasteiger partial charge in [-0.15, -0.1) is 0 Å². The number of rotatable bonds is 0. The summed E-state index contributed by atoms with van der Waals surface area (Å²) in [6, 6.07) is 0.785. The van der Waals surface area contributed by atoms with Crippen LogP contribution in [0, 0.1) is 5.92 Å². The van der Waals surface area contributed by atoms with E-state index in [1.807, 2.05) is 0 Å². The van der Waals surface area contributed by atoms with Crippen LogP contribution in [-0.2, 0) is 4.79 Å². The first kappa shape index (κ1) is 6.89. The van der Waals surface area contributed by atoms with Gasteiger partial charge in [-0.05, 0) is 25.8 Å². The van der Waals surface area contributed by atoms with Gasteiger partial charge in [-0.25, -0.2) is 0 Å². The Morgan fingerprint density at radius 1 is 1.42 bits per heavy atom. The van der Waals surface area contributed by atoms with Crippen molar-refractivity contribution in [1.29, 1.82) is 0 Å². The molecular formula is C9H14N2O. The molecule has 1 amide bonds. The fourth-order valence-electron chi connectivity index (χ4n) is 3.10. The average molecular weight is 166 g/mol. The van der Waals surface area contributed by atoms with Crippen molar-refractivity contribution in [3.8, 4) is 0 Å². The summed E-state index contributed by atoms with van der Waals surface area (Å²) in [4.78, 5) is 13.8. The van der Waals surface area contributed by atoms with Crippen molar-refractivity contribution in [2.75, 3.05) is 13.1 Å². The third-order valence-electron chi connectivity index (χ3n) is 3.61. The monoisotopic (exact) mass is 166 g/mol. The zero-order chi connectivity index (χ0) is 8.13. The first-order chi connectivity index (χ1) is 5.88. The second kappa shape index (κ2) is 2.22. The fraction of sp³-hybridized carbons (Fsp3) is 0.889. The Morgan fingerprint density at radius 2 is 2.33 bits per heavy atom. The summed E-state index contributed by atoms with van der Waals surface area (Å²) >= 11 is 0. The number of nitrogens with zero attached hydrogens (tertiary/aromatic N) is 1. The number of hydrogen-bond acceptors (Lipinski definition) is 2. The molecule has 0 aromatic rings. The molecule has 0 aromatic carbocycles. The van der Waals surface area contributed by atoms with Gasteiger partial charge in [0.1, 0.15) is 0 Å². The fourth-order valence-corrected chi connectivity index (χ4v) is 3.10. The van der Waals surface area contributed by atoms with Gasteiger partial charge in [-0.1, -0.05) is 0 Å². The van der Waals surface area contributed by atoms with E-state index in [1.165, 1.54) is 19.3 Å². The van der Waals surface area contributed by atoms with Gasteiger partial charge in [0.2, 0.25) is 5.91 Å². The summed E-state index contributed by atoms with van der Waals surface area (Å²) in [7, 11) is 0. The van der Waals surface area contributed by atoms with Crippen LogP contribution in [0.4, 0.5) is 0 Å². The minimum atomic E-state index is 0.190. The van der Waals surface area contributed by atoms with Crippen LogP contribution in [0.5, 0.6) is 0 Å².